The number of hydrogen-bond acceptors (Lipinski definition) is 1. The van der Waals surface area contributed by atoms with E-state index < -0.39 is 0 Å². The second-order valence-electron chi connectivity index (χ2n) is 4.83. The van der Waals surface area contributed by atoms with Crippen molar-refractivity contribution in [3.8, 4) is 0 Å². The number of rotatable bonds is 3. The first-order chi connectivity index (χ1) is 8.24. The molecular weight excluding hydrogens is 210 g/mol. The molecule has 0 saturated carbocycles. The summed E-state index contributed by atoms with van der Waals surface area (Å²) in [5.74, 6) is 0.769. The van der Waals surface area contributed by atoms with Crippen molar-refractivity contribution in [3.05, 3.63) is 29.3 Å². The van der Waals surface area contributed by atoms with Gasteiger partial charge in [0.2, 0.25) is 5.91 Å². The van der Waals surface area contributed by atoms with Crippen LogP contribution in [0.3, 0.4) is 0 Å². The standard InChI is InChI=1S/C15H21NO/c1-3-11(4-2)13-9-8-12-6-5-7-15(17)16-14(12)10-13/h8-11H,3-7H2,1-2H3,(H,16,17). The molecule has 1 aromatic carbocycles. The van der Waals surface area contributed by atoms with Crippen LogP contribution in [0, 0.1) is 0 Å². The van der Waals surface area contributed by atoms with Gasteiger partial charge < -0.3 is 5.32 Å². The number of benzene rings is 1. The van der Waals surface area contributed by atoms with E-state index in [4.69, 9.17) is 0 Å². The maximum atomic E-state index is 11.6. The Bertz CT molecular complexity index is 407. The van der Waals surface area contributed by atoms with Gasteiger partial charge in [-0.25, -0.2) is 0 Å². The quantitative estimate of drug-likeness (QED) is 0.840. The van der Waals surface area contributed by atoms with Crippen LogP contribution in [0.1, 0.15) is 56.6 Å². The van der Waals surface area contributed by atoms with Crippen LogP contribution in [0.25, 0.3) is 0 Å². The highest BCUT2D eigenvalue weighted by Gasteiger charge is 2.15. The van der Waals surface area contributed by atoms with Gasteiger partial charge in [0, 0.05) is 12.1 Å². The minimum Gasteiger partial charge on any atom is -0.326 e. The monoisotopic (exact) mass is 231 g/mol. The summed E-state index contributed by atoms with van der Waals surface area (Å²) in [7, 11) is 0. The van der Waals surface area contributed by atoms with Gasteiger partial charge >= 0.3 is 0 Å². The van der Waals surface area contributed by atoms with E-state index in [-0.39, 0.29) is 5.91 Å². The van der Waals surface area contributed by atoms with E-state index in [9.17, 15) is 4.79 Å². The van der Waals surface area contributed by atoms with Crippen molar-refractivity contribution in [1.29, 1.82) is 0 Å². The van der Waals surface area contributed by atoms with Gasteiger partial charge in [-0.1, -0.05) is 26.0 Å². The number of hydrogen-bond donors (Lipinski definition) is 1. The summed E-state index contributed by atoms with van der Waals surface area (Å²) in [6.45, 7) is 4.44. The van der Waals surface area contributed by atoms with Gasteiger partial charge in [0.25, 0.3) is 0 Å². The molecule has 0 saturated heterocycles. The third-order valence-electron chi connectivity index (χ3n) is 3.71. The van der Waals surface area contributed by atoms with Crippen LogP contribution < -0.4 is 5.32 Å². The Morgan fingerprint density at radius 2 is 2.00 bits per heavy atom. The number of nitrogens with one attached hydrogen (secondary N) is 1. The Kier molecular flexibility index (Phi) is 3.82. The normalized spacial score (nSPS) is 15.4. The molecule has 0 aliphatic carbocycles. The third-order valence-corrected chi connectivity index (χ3v) is 3.71. The number of fused-ring (bicyclic) bond motifs is 1. The van der Waals surface area contributed by atoms with Gasteiger partial charge in [0.15, 0.2) is 0 Å². The molecule has 0 radical (unpaired) electrons. The molecule has 2 rings (SSSR count). The van der Waals surface area contributed by atoms with Crippen LogP contribution >= 0.6 is 0 Å². The molecule has 1 aliphatic heterocycles. The lowest BCUT2D eigenvalue weighted by molar-refractivity contribution is -0.116. The molecule has 2 heteroatoms. The fourth-order valence-corrected chi connectivity index (χ4v) is 2.59. The first-order valence-electron chi connectivity index (χ1n) is 6.67. The van der Waals surface area contributed by atoms with Crippen molar-refractivity contribution < 1.29 is 4.79 Å². The van der Waals surface area contributed by atoms with Crippen molar-refractivity contribution in [2.24, 2.45) is 0 Å². The third kappa shape index (κ3) is 2.68. The Morgan fingerprint density at radius 1 is 1.24 bits per heavy atom. The van der Waals surface area contributed by atoms with Crippen molar-refractivity contribution in [2.75, 3.05) is 5.32 Å². The second-order valence-corrected chi connectivity index (χ2v) is 4.83. The molecule has 1 heterocycles. The van der Waals surface area contributed by atoms with Crippen LogP contribution in [0.4, 0.5) is 5.69 Å². The Balaban J connectivity index is 2.31. The molecular formula is C15H21NO. The molecule has 0 aromatic heterocycles. The summed E-state index contributed by atoms with van der Waals surface area (Å²) in [4.78, 5) is 11.6. The molecule has 1 aliphatic rings. The predicted octanol–water partition coefficient (Wildman–Crippen LogP) is 3.87. The maximum Gasteiger partial charge on any atom is 0.224 e. The second kappa shape index (κ2) is 5.35. The highest BCUT2D eigenvalue weighted by Crippen LogP contribution is 2.29. The van der Waals surface area contributed by atoms with E-state index in [2.05, 4.69) is 37.4 Å². The highest BCUT2D eigenvalue weighted by atomic mass is 16.1. The minimum atomic E-state index is 0.158. The summed E-state index contributed by atoms with van der Waals surface area (Å²) in [5.41, 5.74) is 3.68. The van der Waals surface area contributed by atoms with E-state index in [0.717, 1.165) is 31.4 Å². The maximum absolute atomic E-state index is 11.6. The zero-order valence-corrected chi connectivity index (χ0v) is 10.8. The van der Waals surface area contributed by atoms with E-state index in [1.807, 2.05) is 0 Å². The Labute approximate surface area is 103 Å². The van der Waals surface area contributed by atoms with Gasteiger partial charge in [-0.15, -0.1) is 0 Å². The van der Waals surface area contributed by atoms with Crippen LogP contribution in [0.2, 0.25) is 0 Å². The summed E-state index contributed by atoms with van der Waals surface area (Å²) >= 11 is 0. The smallest absolute Gasteiger partial charge is 0.224 e. The average molecular weight is 231 g/mol. The van der Waals surface area contributed by atoms with E-state index >= 15 is 0 Å². The van der Waals surface area contributed by atoms with Crippen LogP contribution in [-0.2, 0) is 11.2 Å². The predicted molar refractivity (Wildman–Crippen MR) is 71.3 cm³/mol. The molecule has 0 fully saturated rings. The molecule has 17 heavy (non-hydrogen) atoms. The number of carbonyl (C=O) groups excluding carboxylic acids is 1. The van der Waals surface area contributed by atoms with Crippen molar-refractivity contribution >= 4 is 11.6 Å². The summed E-state index contributed by atoms with van der Waals surface area (Å²) in [6.07, 6.45) is 4.93. The van der Waals surface area contributed by atoms with E-state index in [0.29, 0.717) is 12.3 Å². The average Bonchev–Trinajstić information content (AvgIpc) is 2.51. The SMILES string of the molecule is CCC(CC)c1ccc2c(c1)NC(=O)CCC2. The first-order valence-corrected chi connectivity index (χ1v) is 6.67. The molecule has 0 bridgehead atoms. The van der Waals surface area contributed by atoms with Crippen LogP contribution in [-0.4, -0.2) is 5.91 Å². The number of amides is 1. The Hall–Kier alpha value is -1.31. The molecule has 2 nitrogen and oxygen atoms in total. The number of carbonyl (C=O) groups is 1. The molecule has 0 spiro atoms. The fourth-order valence-electron chi connectivity index (χ4n) is 2.59. The summed E-state index contributed by atoms with van der Waals surface area (Å²) < 4.78 is 0. The Morgan fingerprint density at radius 3 is 2.71 bits per heavy atom. The number of anilines is 1. The lowest BCUT2D eigenvalue weighted by Gasteiger charge is -2.16. The largest absolute Gasteiger partial charge is 0.326 e. The highest BCUT2D eigenvalue weighted by molar-refractivity contribution is 5.92. The molecule has 1 aromatic rings. The van der Waals surface area contributed by atoms with Gasteiger partial charge in [-0.3, -0.25) is 4.79 Å². The fraction of sp³-hybridized carbons (Fsp3) is 0.533. The van der Waals surface area contributed by atoms with Crippen LogP contribution in [0.15, 0.2) is 18.2 Å². The number of aryl methyl sites for hydroxylation is 1. The topological polar surface area (TPSA) is 29.1 Å². The zero-order chi connectivity index (χ0) is 12.3. The van der Waals surface area contributed by atoms with Crippen LogP contribution in [0.5, 0.6) is 0 Å². The zero-order valence-electron chi connectivity index (χ0n) is 10.8. The molecule has 1 N–H and O–H groups in total. The summed E-state index contributed by atoms with van der Waals surface area (Å²) in [6, 6.07) is 6.60. The lowest BCUT2D eigenvalue weighted by atomic mass is 9.92. The van der Waals surface area contributed by atoms with Gasteiger partial charge in [-0.05, 0) is 48.8 Å². The molecule has 1 amide bonds. The van der Waals surface area contributed by atoms with E-state index in [1.54, 1.807) is 0 Å². The molecule has 0 atom stereocenters. The van der Waals surface area contributed by atoms with E-state index in [1.165, 1.54) is 11.1 Å². The lowest BCUT2D eigenvalue weighted by Crippen LogP contribution is -2.09. The van der Waals surface area contributed by atoms with Crippen molar-refractivity contribution in [3.63, 3.8) is 0 Å². The minimum absolute atomic E-state index is 0.158. The molecule has 0 unspecified atom stereocenters. The van der Waals surface area contributed by atoms with Crippen molar-refractivity contribution in [1.82, 2.24) is 0 Å². The molecule has 92 valence electrons. The summed E-state index contributed by atoms with van der Waals surface area (Å²) in [5, 5.41) is 3.03. The van der Waals surface area contributed by atoms with Gasteiger partial charge in [-0.2, -0.15) is 0 Å². The van der Waals surface area contributed by atoms with Crippen molar-refractivity contribution in [2.45, 2.75) is 51.9 Å². The first kappa shape index (κ1) is 12.2. The van der Waals surface area contributed by atoms with Gasteiger partial charge in [0.1, 0.15) is 0 Å². The van der Waals surface area contributed by atoms with Gasteiger partial charge in [0.05, 0.1) is 0 Å².